The lowest BCUT2D eigenvalue weighted by atomic mass is 10.2. The van der Waals surface area contributed by atoms with Gasteiger partial charge in [0.15, 0.2) is 0 Å². The Bertz CT molecular complexity index is 1520. The molecular weight excluding hydrogens is 608 g/mol. The third-order valence-corrected chi connectivity index (χ3v) is 7.63. The second kappa shape index (κ2) is 20.3. The molecule has 0 unspecified atom stereocenters. The smallest absolute Gasteiger partial charge is 0.224 e. The van der Waals surface area contributed by atoms with Crippen LogP contribution in [0.25, 0.3) is 21.8 Å². The number of para-hydroxylation sites is 2. The van der Waals surface area contributed by atoms with E-state index in [9.17, 15) is 19.2 Å². The number of hydrogen-bond acceptors (Lipinski definition) is 8. The van der Waals surface area contributed by atoms with E-state index in [2.05, 4.69) is 41.9 Å². The first-order chi connectivity index (χ1) is 23.5. The van der Waals surface area contributed by atoms with Crippen LogP contribution in [0.1, 0.15) is 51.4 Å². The zero-order valence-electron chi connectivity index (χ0n) is 27.4. The molecule has 254 valence electrons. The number of anilines is 2. The van der Waals surface area contributed by atoms with Crippen molar-refractivity contribution in [3.8, 4) is 0 Å². The highest BCUT2D eigenvalue weighted by Gasteiger charge is 2.11. The lowest BCUT2D eigenvalue weighted by Crippen LogP contribution is -2.29. The average molecular weight is 655 g/mol. The van der Waals surface area contributed by atoms with Gasteiger partial charge in [-0.15, -0.1) is 0 Å². The zero-order chi connectivity index (χ0) is 33.8. The Balaban J connectivity index is 0.903. The fourth-order valence-electron chi connectivity index (χ4n) is 5.10. The van der Waals surface area contributed by atoms with Gasteiger partial charge in [0.25, 0.3) is 0 Å². The summed E-state index contributed by atoms with van der Waals surface area (Å²) in [5, 5.41) is 20.1. The minimum absolute atomic E-state index is 0.113. The molecule has 0 fully saturated rings. The van der Waals surface area contributed by atoms with Crippen molar-refractivity contribution in [1.82, 2.24) is 31.2 Å². The molecule has 12 heteroatoms. The molecule has 0 radical (unpaired) electrons. The number of carbonyl (C=O) groups is 4. The summed E-state index contributed by atoms with van der Waals surface area (Å²) in [5.41, 5.74) is 2.75. The van der Waals surface area contributed by atoms with Crippen LogP contribution in [0.5, 0.6) is 0 Å². The fourth-order valence-corrected chi connectivity index (χ4v) is 5.10. The van der Waals surface area contributed by atoms with Crippen LogP contribution in [0.3, 0.4) is 0 Å². The van der Waals surface area contributed by atoms with E-state index in [0.717, 1.165) is 73.7 Å². The highest BCUT2D eigenvalue weighted by Crippen LogP contribution is 2.22. The van der Waals surface area contributed by atoms with Crippen molar-refractivity contribution < 1.29 is 19.2 Å². The molecule has 2 heterocycles. The molecule has 4 amide bonds. The van der Waals surface area contributed by atoms with E-state index < -0.39 is 0 Å². The Labute approximate surface area is 281 Å². The number of nitrogens with zero attached hydrogens (tertiary/aromatic N) is 2. The van der Waals surface area contributed by atoms with Crippen molar-refractivity contribution in [1.29, 1.82) is 0 Å². The predicted molar refractivity (Wildman–Crippen MR) is 189 cm³/mol. The van der Waals surface area contributed by atoms with Gasteiger partial charge in [-0.1, -0.05) is 36.4 Å². The summed E-state index contributed by atoms with van der Waals surface area (Å²) in [5.74, 6) is -0.692. The number of fused-ring (bicyclic) bond motifs is 2. The van der Waals surface area contributed by atoms with Crippen LogP contribution in [0.2, 0.25) is 0 Å². The summed E-state index contributed by atoms with van der Waals surface area (Å²) in [7, 11) is 0. The van der Waals surface area contributed by atoms with Crippen LogP contribution in [0, 0.1) is 0 Å². The first-order valence-electron chi connectivity index (χ1n) is 16.7. The molecule has 2 aromatic carbocycles. The Morgan fingerprint density at radius 1 is 0.458 bits per heavy atom. The summed E-state index contributed by atoms with van der Waals surface area (Å²) in [6.45, 7) is 4.55. The van der Waals surface area contributed by atoms with E-state index >= 15 is 0 Å². The number of benzene rings is 2. The molecule has 0 aliphatic carbocycles. The van der Waals surface area contributed by atoms with Crippen molar-refractivity contribution in [2.45, 2.75) is 51.4 Å². The Morgan fingerprint density at radius 2 is 0.854 bits per heavy atom. The molecule has 0 aliphatic heterocycles. The molecule has 6 N–H and O–H groups in total. The first-order valence-corrected chi connectivity index (χ1v) is 16.7. The number of amides is 4. The standard InChI is InChI=1S/C36H46N8O4/c45-31(15-17-33(47)43-29-13-3-9-27-11-5-23-41-35(27)29)39-25-7-21-37-19-1-2-20-38-22-8-26-40-32(46)16-18-34(48)44-30-14-4-10-28-12-6-24-42-36(28)30/h3-6,9-14,23-24,37-38H,1-2,7-8,15-22,25-26H2,(H,39,45)(H,40,46)(H,43,47)(H,44,48). The number of aromatic nitrogens is 2. The van der Waals surface area contributed by atoms with Crippen LogP contribution in [-0.4, -0.2) is 72.9 Å². The molecule has 0 saturated heterocycles. The Morgan fingerprint density at radius 3 is 1.31 bits per heavy atom. The van der Waals surface area contributed by atoms with E-state index in [1.165, 1.54) is 0 Å². The van der Waals surface area contributed by atoms with Crippen LogP contribution in [-0.2, 0) is 19.2 Å². The van der Waals surface area contributed by atoms with Crippen LogP contribution >= 0.6 is 0 Å². The molecule has 0 aliphatic rings. The molecule has 4 aromatic rings. The van der Waals surface area contributed by atoms with Gasteiger partial charge in [0.05, 0.1) is 22.4 Å². The molecule has 2 aromatic heterocycles. The maximum atomic E-state index is 12.3. The number of unbranched alkanes of at least 4 members (excludes halogenated alkanes) is 1. The SMILES string of the molecule is O=C(CCC(=O)Nc1cccc2cccnc12)NCCCNCCCCNCCCNC(=O)CCC(=O)Nc1cccc2cccnc12. The quantitative estimate of drug-likeness (QED) is 0.0737. The maximum absolute atomic E-state index is 12.3. The number of rotatable bonds is 21. The molecule has 0 saturated carbocycles. The van der Waals surface area contributed by atoms with Gasteiger partial charge >= 0.3 is 0 Å². The van der Waals surface area contributed by atoms with E-state index in [1.807, 2.05) is 60.7 Å². The van der Waals surface area contributed by atoms with Crippen LogP contribution < -0.4 is 31.9 Å². The molecule has 0 spiro atoms. The van der Waals surface area contributed by atoms with Gasteiger partial charge in [-0.25, -0.2) is 0 Å². The van der Waals surface area contributed by atoms with Crippen molar-refractivity contribution >= 4 is 56.8 Å². The summed E-state index contributed by atoms with van der Waals surface area (Å²) in [4.78, 5) is 57.6. The normalized spacial score (nSPS) is 10.9. The number of hydrogen-bond donors (Lipinski definition) is 6. The molecule has 48 heavy (non-hydrogen) atoms. The third kappa shape index (κ3) is 12.7. The average Bonchev–Trinajstić information content (AvgIpc) is 3.10. The molecular formula is C36H46N8O4. The van der Waals surface area contributed by atoms with Gasteiger partial charge in [0, 0.05) is 61.9 Å². The van der Waals surface area contributed by atoms with E-state index in [1.54, 1.807) is 12.4 Å². The van der Waals surface area contributed by atoms with Gasteiger partial charge in [-0.05, 0) is 76.1 Å². The summed E-state index contributed by atoms with van der Waals surface area (Å²) in [6, 6.07) is 18.8. The third-order valence-electron chi connectivity index (χ3n) is 7.63. The largest absolute Gasteiger partial charge is 0.356 e. The monoisotopic (exact) mass is 654 g/mol. The van der Waals surface area contributed by atoms with Crippen molar-refractivity contribution in [2.75, 3.05) is 49.9 Å². The van der Waals surface area contributed by atoms with Crippen molar-refractivity contribution in [3.63, 3.8) is 0 Å². The zero-order valence-corrected chi connectivity index (χ0v) is 27.4. The maximum Gasteiger partial charge on any atom is 0.224 e. The topological polar surface area (TPSA) is 166 Å². The highest BCUT2D eigenvalue weighted by molar-refractivity contribution is 6.02. The molecule has 12 nitrogen and oxygen atoms in total. The fraction of sp³-hybridized carbons (Fsp3) is 0.389. The molecule has 4 rings (SSSR count). The lowest BCUT2D eigenvalue weighted by molar-refractivity contribution is -0.124. The lowest BCUT2D eigenvalue weighted by Gasteiger charge is -2.09. The Hall–Kier alpha value is -4.94. The number of pyridine rings is 2. The summed E-state index contributed by atoms with van der Waals surface area (Å²) in [6.07, 6.45) is 7.58. The highest BCUT2D eigenvalue weighted by atomic mass is 16.2. The number of nitrogens with one attached hydrogen (secondary N) is 6. The first kappa shape index (κ1) is 35.9. The minimum Gasteiger partial charge on any atom is -0.356 e. The van der Waals surface area contributed by atoms with Gasteiger partial charge in [0.2, 0.25) is 23.6 Å². The van der Waals surface area contributed by atoms with Crippen LogP contribution in [0.4, 0.5) is 11.4 Å². The van der Waals surface area contributed by atoms with E-state index in [-0.39, 0.29) is 49.3 Å². The number of carbonyl (C=O) groups excluding carboxylic acids is 4. The van der Waals surface area contributed by atoms with Gasteiger partial charge in [-0.2, -0.15) is 0 Å². The van der Waals surface area contributed by atoms with Crippen molar-refractivity contribution in [2.24, 2.45) is 0 Å². The second-order valence-electron chi connectivity index (χ2n) is 11.5. The van der Waals surface area contributed by atoms with Gasteiger partial charge < -0.3 is 31.9 Å². The Kier molecular flexibility index (Phi) is 15.2. The van der Waals surface area contributed by atoms with Gasteiger partial charge in [-0.3, -0.25) is 29.1 Å². The minimum atomic E-state index is -0.212. The van der Waals surface area contributed by atoms with Gasteiger partial charge in [0.1, 0.15) is 0 Å². The second-order valence-corrected chi connectivity index (χ2v) is 11.5. The van der Waals surface area contributed by atoms with Crippen LogP contribution in [0.15, 0.2) is 73.1 Å². The molecule has 0 bridgehead atoms. The molecule has 0 atom stereocenters. The summed E-state index contributed by atoms with van der Waals surface area (Å²) >= 11 is 0. The predicted octanol–water partition coefficient (Wildman–Crippen LogP) is 3.89. The van der Waals surface area contributed by atoms with E-state index in [4.69, 9.17) is 0 Å². The van der Waals surface area contributed by atoms with Crippen molar-refractivity contribution in [3.05, 3.63) is 73.1 Å². The summed E-state index contributed by atoms with van der Waals surface area (Å²) < 4.78 is 0. The van der Waals surface area contributed by atoms with E-state index in [0.29, 0.717) is 24.5 Å².